The Labute approximate surface area is 118 Å². The van der Waals surface area contributed by atoms with Crippen molar-refractivity contribution in [2.75, 3.05) is 11.9 Å². The summed E-state index contributed by atoms with van der Waals surface area (Å²) >= 11 is 0. The van der Waals surface area contributed by atoms with Gasteiger partial charge in [0, 0.05) is 5.69 Å². The third-order valence-electron chi connectivity index (χ3n) is 2.79. The number of rotatable bonds is 5. The van der Waals surface area contributed by atoms with E-state index in [9.17, 15) is 9.90 Å². The molecule has 104 valence electrons. The molecule has 4 heteroatoms. The summed E-state index contributed by atoms with van der Waals surface area (Å²) in [4.78, 5) is 11.7. The summed E-state index contributed by atoms with van der Waals surface area (Å²) in [5.74, 6) is 0.383. The number of nitrogens with one attached hydrogen (secondary N) is 1. The lowest BCUT2D eigenvalue weighted by molar-refractivity contribution is -0.118. The Morgan fingerprint density at radius 1 is 1.15 bits per heavy atom. The minimum Gasteiger partial charge on any atom is -0.484 e. The SMILES string of the molecule is C[C@@H](O)c1ccc(OCC(=O)Nc2ccccc2)cc1. The van der Waals surface area contributed by atoms with Crippen LogP contribution in [0, 0.1) is 0 Å². The van der Waals surface area contributed by atoms with Crippen LogP contribution in [0.1, 0.15) is 18.6 Å². The average Bonchev–Trinajstić information content (AvgIpc) is 2.46. The van der Waals surface area contributed by atoms with Crippen molar-refractivity contribution in [1.82, 2.24) is 0 Å². The van der Waals surface area contributed by atoms with E-state index in [1.54, 1.807) is 31.2 Å². The second kappa shape index (κ2) is 6.73. The molecule has 0 saturated carbocycles. The number of aliphatic hydroxyl groups excluding tert-OH is 1. The summed E-state index contributed by atoms with van der Waals surface area (Å²) in [6.45, 7) is 1.64. The molecule has 0 heterocycles. The van der Waals surface area contributed by atoms with Crippen molar-refractivity contribution < 1.29 is 14.6 Å². The predicted octanol–water partition coefficient (Wildman–Crippen LogP) is 2.76. The highest BCUT2D eigenvalue weighted by atomic mass is 16.5. The lowest BCUT2D eigenvalue weighted by atomic mass is 10.1. The zero-order valence-electron chi connectivity index (χ0n) is 11.2. The van der Waals surface area contributed by atoms with E-state index in [2.05, 4.69) is 5.32 Å². The first-order chi connectivity index (χ1) is 9.65. The van der Waals surface area contributed by atoms with Crippen LogP contribution in [-0.2, 0) is 4.79 Å². The van der Waals surface area contributed by atoms with Gasteiger partial charge in [0.1, 0.15) is 5.75 Å². The van der Waals surface area contributed by atoms with Gasteiger partial charge in [-0.25, -0.2) is 0 Å². The smallest absolute Gasteiger partial charge is 0.262 e. The van der Waals surface area contributed by atoms with Crippen LogP contribution in [0.5, 0.6) is 5.75 Å². The summed E-state index contributed by atoms with van der Waals surface area (Å²) in [6.07, 6.45) is -0.509. The third-order valence-corrected chi connectivity index (χ3v) is 2.79. The first-order valence-corrected chi connectivity index (χ1v) is 6.41. The van der Waals surface area contributed by atoms with Crippen molar-refractivity contribution in [2.45, 2.75) is 13.0 Å². The maximum absolute atomic E-state index is 11.7. The largest absolute Gasteiger partial charge is 0.484 e. The van der Waals surface area contributed by atoms with E-state index < -0.39 is 6.10 Å². The van der Waals surface area contributed by atoms with E-state index in [0.29, 0.717) is 5.75 Å². The van der Waals surface area contributed by atoms with Gasteiger partial charge in [-0.2, -0.15) is 0 Å². The molecule has 0 aliphatic rings. The van der Waals surface area contributed by atoms with Crippen LogP contribution in [0.2, 0.25) is 0 Å². The van der Waals surface area contributed by atoms with Gasteiger partial charge in [0.25, 0.3) is 5.91 Å². The van der Waals surface area contributed by atoms with E-state index >= 15 is 0 Å². The monoisotopic (exact) mass is 271 g/mol. The van der Waals surface area contributed by atoms with Crippen LogP contribution in [0.25, 0.3) is 0 Å². The zero-order chi connectivity index (χ0) is 14.4. The molecule has 0 fully saturated rings. The average molecular weight is 271 g/mol. The Balaban J connectivity index is 1.84. The molecule has 4 nitrogen and oxygen atoms in total. The van der Waals surface area contributed by atoms with Crippen LogP contribution in [0.15, 0.2) is 54.6 Å². The lowest BCUT2D eigenvalue weighted by Crippen LogP contribution is -2.20. The van der Waals surface area contributed by atoms with Crippen LogP contribution in [0.3, 0.4) is 0 Å². The summed E-state index contributed by atoms with van der Waals surface area (Å²) in [7, 11) is 0. The molecule has 0 aromatic heterocycles. The van der Waals surface area contributed by atoms with E-state index in [0.717, 1.165) is 11.3 Å². The van der Waals surface area contributed by atoms with E-state index in [1.165, 1.54) is 0 Å². The maximum Gasteiger partial charge on any atom is 0.262 e. The van der Waals surface area contributed by atoms with Gasteiger partial charge in [0.2, 0.25) is 0 Å². The number of carbonyl (C=O) groups is 1. The number of anilines is 1. The summed E-state index contributed by atoms with van der Waals surface area (Å²) in [6, 6.07) is 16.2. The number of ether oxygens (including phenoxy) is 1. The maximum atomic E-state index is 11.7. The Bertz CT molecular complexity index is 550. The van der Waals surface area contributed by atoms with Crippen molar-refractivity contribution in [3.63, 3.8) is 0 Å². The molecule has 0 saturated heterocycles. The standard InChI is InChI=1S/C16H17NO3/c1-12(18)13-7-9-15(10-8-13)20-11-16(19)17-14-5-3-2-4-6-14/h2-10,12,18H,11H2,1H3,(H,17,19)/t12-/m1/s1. The van der Waals surface area contributed by atoms with Crippen molar-refractivity contribution in [3.8, 4) is 5.75 Å². The second-order valence-electron chi connectivity index (χ2n) is 4.45. The molecular formula is C16H17NO3. The molecule has 0 bridgehead atoms. The zero-order valence-corrected chi connectivity index (χ0v) is 11.2. The molecule has 2 N–H and O–H groups in total. The normalized spacial score (nSPS) is 11.7. The summed E-state index contributed by atoms with van der Waals surface area (Å²) in [5.41, 5.74) is 1.55. The molecule has 0 radical (unpaired) electrons. The summed E-state index contributed by atoms with van der Waals surface area (Å²) in [5, 5.41) is 12.1. The Kier molecular flexibility index (Phi) is 4.74. The molecule has 0 aliphatic carbocycles. The van der Waals surface area contributed by atoms with Gasteiger partial charge in [-0.15, -0.1) is 0 Å². The van der Waals surface area contributed by atoms with E-state index in [1.807, 2.05) is 30.3 Å². The molecular weight excluding hydrogens is 254 g/mol. The van der Waals surface area contributed by atoms with Crippen LogP contribution >= 0.6 is 0 Å². The van der Waals surface area contributed by atoms with E-state index in [4.69, 9.17) is 4.74 Å². The molecule has 0 aliphatic heterocycles. The molecule has 2 rings (SSSR count). The number of hydrogen-bond donors (Lipinski definition) is 2. The first-order valence-electron chi connectivity index (χ1n) is 6.41. The molecule has 20 heavy (non-hydrogen) atoms. The highest BCUT2D eigenvalue weighted by molar-refractivity contribution is 5.91. The number of para-hydroxylation sites is 1. The van der Waals surface area contributed by atoms with Crippen molar-refractivity contribution in [2.24, 2.45) is 0 Å². The molecule has 0 unspecified atom stereocenters. The highest BCUT2D eigenvalue weighted by Crippen LogP contribution is 2.17. The van der Waals surface area contributed by atoms with Gasteiger partial charge in [-0.1, -0.05) is 30.3 Å². The molecule has 2 aromatic rings. The molecule has 0 spiro atoms. The van der Waals surface area contributed by atoms with Crippen LogP contribution < -0.4 is 10.1 Å². The number of benzene rings is 2. The number of aliphatic hydroxyl groups is 1. The van der Waals surface area contributed by atoms with Gasteiger partial charge in [0.15, 0.2) is 6.61 Å². The Morgan fingerprint density at radius 2 is 1.80 bits per heavy atom. The molecule has 1 amide bonds. The molecule has 1 atom stereocenters. The van der Waals surface area contributed by atoms with Crippen molar-refractivity contribution >= 4 is 11.6 Å². The lowest BCUT2D eigenvalue weighted by Gasteiger charge is -2.09. The summed E-state index contributed by atoms with van der Waals surface area (Å²) < 4.78 is 5.38. The predicted molar refractivity (Wildman–Crippen MR) is 77.6 cm³/mol. The fourth-order valence-electron chi connectivity index (χ4n) is 1.71. The Morgan fingerprint density at radius 3 is 2.40 bits per heavy atom. The highest BCUT2D eigenvalue weighted by Gasteiger charge is 2.04. The van der Waals surface area contributed by atoms with Crippen LogP contribution in [-0.4, -0.2) is 17.6 Å². The third kappa shape index (κ3) is 4.10. The first kappa shape index (κ1) is 14.1. The molecule has 2 aromatic carbocycles. The van der Waals surface area contributed by atoms with Gasteiger partial charge in [-0.3, -0.25) is 4.79 Å². The van der Waals surface area contributed by atoms with Gasteiger partial charge in [0.05, 0.1) is 6.10 Å². The Hall–Kier alpha value is -2.33. The number of amides is 1. The van der Waals surface area contributed by atoms with Crippen LogP contribution in [0.4, 0.5) is 5.69 Å². The minimum atomic E-state index is -0.509. The van der Waals surface area contributed by atoms with Crippen molar-refractivity contribution in [3.05, 3.63) is 60.2 Å². The van der Waals surface area contributed by atoms with E-state index in [-0.39, 0.29) is 12.5 Å². The van der Waals surface area contributed by atoms with Gasteiger partial charge >= 0.3 is 0 Å². The number of hydrogen-bond acceptors (Lipinski definition) is 3. The second-order valence-corrected chi connectivity index (χ2v) is 4.45. The minimum absolute atomic E-state index is 0.0527. The topological polar surface area (TPSA) is 58.6 Å². The quantitative estimate of drug-likeness (QED) is 0.879. The van der Waals surface area contributed by atoms with Gasteiger partial charge in [-0.05, 0) is 36.8 Å². The van der Waals surface area contributed by atoms with Crippen molar-refractivity contribution in [1.29, 1.82) is 0 Å². The van der Waals surface area contributed by atoms with Gasteiger partial charge < -0.3 is 15.2 Å². The fraction of sp³-hybridized carbons (Fsp3) is 0.188. The number of carbonyl (C=O) groups excluding carboxylic acids is 1. The fourth-order valence-corrected chi connectivity index (χ4v) is 1.71.